The highest BCUT2D eigenvalue weighted by Crippen LogP contribution is 2.16. The lowest BCUT2D eigenvalue weighted by molar-refractivity contribution is 0.0894. The van der Waals surface area contributed by atoms with Crippen LogP contribution in [0.3, 0.4) is 0 Å². The van der Waals surface area contributed by atoms with Crippen LogP contribution in [0.15, 0.2) is 35.1 Å². The highest BCUT2D eigenvalue weighted by atomic mass is 35.5. The van der Waals surface area contributed by atoms with Gasteiger partial charge in [-0.05, 0) is 37.1 Å². The molecule has 5 nitrogen and oxygen atoms in total. The molecule has 1 aromatic heterocycles. The average Bonchev–Trinajstić information content (AvgIpc) is 3.06. The molecule has 0 aliphatic carbocycles. The Morgan fingerprint density at radius 3 is 2.96 bits per heavy atom. The first kappa shape index (κ1) is 17.0. The Labute approximate surface area is 147 Å². The fraction of sp³-hybridized carbons (Fsp3) is 0.444. The summed E-state index contributed by atoms with van der Waals surface area (Å²) < 4.78 is 5.24. The maximum absolute atomic E-state index is 12.4. The van der Waals surface area contributed by atoms with E-state index in [1.807, 2.05) is 31.2 Å². The first-order valence-corrected chi connectivity index (χ1v) is 8.73. The second-order valence-electron chi connectivity index (χ2n) is 6.15. The summed E-state index contributed by atoms with van der Waals surface area (Å²) in [5, 5.41) is 3.85. The number of oxazole rings is 1. The van der Waals surface area contributed by atoms with Crippen LogP contribution in [0.1, 0.15) is 41.6 Å². The molecule has 1 aliphatic heterocycles. The second kappa shape index (κ2) is 7.81. The van der Waals surface area contributed by atoms with Crippen LogP contribution in [0.25, 0.3) is 0 Å². The van der Waals surface area contributed by atoms with E-state index in [1.54, 1.807) is 0 Å². The molecule has 0 radical (unpaired) electrons. The van der Waals surface area contributed by atoms with Gasteiger partial charge in [-0.3, -0.25) is 9.69 Å². The minimum atomic E-state index is -0.140. The Morgan fingerprint density at radius 1 is 1.42 bits per heavy atom. The maximum Gasteiger partial charge on any atom is 0.273 e. The van der Waals surface area contributed by atoms with Gasteiger partial charge < -0.3 is 9.73 Å². The Hall–Kier alpha value is -1.85. The molecule has 1 N–H and O–H groups in total. The average molecular weight is 348 g/mol. The predicted molar refractivity (Wildman–Crippen MR) is 93.1 cm³/mol. The zero-order valence-electron chi connectivity index (χ0n) is 13.8. The molecule has 1 fully saturated rings. The number of carbonyl (C=O) groups excluding carboxylic acids is 1. The van der Waals surface area contributed by atoms with E-state index >= 15 is 0 Å². The quantitative estimate of drug-likeness (QED) is 0.901. The number of benzene rings is 1. The lowest BCUT2D eigenvalue weighted by atomic mass is 10.0. The Balaban J connectivity index is 1.57. The molecule has 6 heteroatoms. The zero-order chi connectivity index (χ0) is 16.9. The number of halogens is 1. The molecule has 2 aromatic rings. The monoisotopic (exact) mass is 347 g/mol. The zero-order valence-corrected chi connectivity index (χ0v) is 14.6. The van der Waals surface area contributed by atoms with Crippen molar-refractivity contribution in [2.75, 3.05) is 13.1 Å². The number of rotatable bonds is 5. The molecule has 0 bridgehead atoms. The van der Waals surface area contributed by atoms with Gasteiger partial charge in [0.2, 0.25) is 0 Å². The van der Waals surface area contributed by atoms with Crippen LogP contribution >= 0.6 is 11.6 Å². The molecule has 128 valence electrons. The maximum atomic E-state index is 12.4. The molecule has 1 saturated heterocycles. The largest absolute Gasteiger partial charge is 0.448 e. The van der Waals surface area contributed by atoms with Crippen molar-refractivity contribution in [2.24, 2.45) is 0 Å². The van der Waals surface area contributed by atoms with Gasteiger partial charge >= 0.3 is 0 Å². The molecule has 1 amide bonds. The fourth-order valence-corrected chi connectivity index (χ4v) is 3.25. The number of hydrogen-bond acceptors (Lipinski definition) is 4. The number of carbonyl (C=O) groups is 1. The van der Waals surface area contributed by atoms with Crippen molar-refractivity contribution in [3.63, 3.8) is 0 Å². The topological polar surface area (TPSA) is 58.4 Å². The molecule has 0 saturated carbocycles. The van der Waals surface area contributed by atoms with Crippen LogP contribution in [0, 0.1) is 0 Å². The third-order valence-corrected chi connectivity index (χ3v) is 4.59. The number of hydrogen-bond donors (Lipinski definition) is 1. The van der Waals surface area contributed by atoms with Crippen molar-refractivity contribution in [3.8, 4) is 0 Å². The van der Waals surface area contributed by atoms with Gasteiger partial charge in [-0.25, -0.2) is 4.98 Å². The van der Waals surface area contributed by atoms with E-state index in [9.17, 15) is 4.79 Å². The summed E-state index contributed by atoms with van der Waals surface area (Å²) in [4.78, 5) is 18.8. The normalized spacial score (nSPS) is 18.5. The first-order valence-electron chi connectivity index (χ1n) is 8.35. The number of likely N-dealkylation sites (tertiary alicyclic amines) is 1. The predicted octanol–water partition coefficient (Wildman–Crippen LogP) is 3.28. The van der Waals surface area contributed by atoms with Crippen LogP contribution in [-0.4, -0.2) is 34.9 Å². The minimum Gasteiger partial charge on any atom is -0.448 e. The van der Waals surface area contributed by atoms with Crippen LogP contribution < -0.4 is 5.32 Å². The van der Waals surface area contributed by atoms with Crippen molar-refractivity contribution >= 4 is 17.5 Å². The van der Waals surface area contributed by atoms with Crippen molar-refractivity contribution < 1.29 is 9.21 Å². The summed E-state index contributed by atoms with van der Waals surface area (Å²) in [6.45, 7) is 4.70. The molecule has 3 rings (SSSR count). The summed E-state index contributed by atoms with van der Waals surface area (Å²) >= 11 is 5.93. The van der Waals surface area contributed by atoms with E-state index < -0.39 is 0 Å². The summed E-state index contributed by atoms with van der Waals surface area (Å²) in [5.41, 5.74) is 1.64. The minimum absolute atomic E-state index is 0.139. The number of piperidine rings is 1. The molecular formula is C18H22ClN3O2. The van der Waals surface area contributed by atoms with Gasteiger partial charge in [0.25, 0.3) is 5.91 Å². The van der Waals surface area contributed by atoms with Gasteiger partial charge in [0.05, 0.1) is 0 Å². The van der Waals surface area contributed by atoms with Gasteiger partial charge in [-0.15, -0.1) is 0 Å². The van der Waals surface area contributed by atoms with Gasteiger partial charge in [0.15, 0.2) is 12.1 Å². The molecule has 1 atom stereocenters. The first-order chi connectivity index (χ1) is 11.7. The van der Waals surface area contributed by atoms with Gasteiger partial charge in [-0.2, -0.15) is 0 Å². The Kier molecular flexibility index (Phi) is 5.53. The Bertz CT molecular complexity index is 684. The van der Waals surface area contributed by atoms with Gasteiger partial charge in [-0.1, -0.05) is 30.7 Å². The van der Waals surface area contributed by atoms with Crippen molar-refractivity contribution in [1.29, 1.82) is 0 Å². The van der Waals surface area contributed by atoms with Crippen molar-refractivity contribution in [2.45, 2.75) is 38.8 Å². The van der Waals surface area contributed by atoms with E-state index in [1.165, 1.54) is 12.0 Å². The molecule has 24 heavy (non-hydrogen) atoms. The summed E-state index contributed by atoms with van der Waals surface area (Å²) in [6, 6.07) is 8.06. The second-order valence-corrected chi connectivity index (χ2v) is 6.59. The molecule has 0 unspecified atom stereocenters. The van der Waals surface area contributed by atoms with E-state index in [4.69, 9.17) is 16.0 Å². The number of aryl methyl sites for hydroxylation is 1. The number of nitrogens with one attached hydrogen (secondary N) is 1. The van der Waals surface area contributed by atoms with Crippen molar-refractivity contribution in [1.82, 2.24) is 15.2 Å². The summed E-state index contributed by atoms with van der Waals surface area (Å²) in [6.07, 6.45) is 4.05. The summed E-state index contributed by atoms with van der Waals surface area (Å²) in [5.74, 6) is 0.500. The van der Waals surface area contributed by atoms with Crippen LogP contribution in [0.5, 0.6) is 0 Å². The van der Waals surface area contributed by atoms with Crippen molar-refractivity contribution in [3.05, 3.63) is 52.7 Å². The molecule has 1 aromatic carbocycles. The van der Waals surface area contributed by atoms with E-state index in [0.29, 0.717) is 17.9 Å². The van der Waals surface area contributed by atoms with Gasteiger partial charge in [0, 0.05) is 30.6 Å². The van der Waals surface area contributed by atoms with E-state index in [-0.39, 0.29) is 11.9 Å². The Morgan fingerprint density at radius 2 is 2.21 bits per heavy atom. The van der Waals surface area contributed by atoms with Gasteiger partial charge in [0.1, 0.15) is 5.76 Å². The lowest BCUT2D eigenvalue weighted by Gasteiger charge is -2.33. The van der Waals surface area contributed by atoms with Crippen LogP contribution in [0.2, 0.25) is 5.02 Å². The van der Waals surface area contributed by atoms with Crippen LogP contribution in [-0.2, 0) is 13.0 Å². The van der Waals surface area contributed by atoms with E-state index in [0.717, 1.165) is 37.5 Å². The highest BCUT2D eigenvalue weighted by molar-refractivity contribution is 6.30. The van der Waals surface area contributed by atoms with E-state index in [2.05, 4.69) is 15.2 Å². The fourth-order valence-electron chi connectivity index (χ4n) is 3.13. The molecule has 2 heterocycles. The number of nitrogens with zero attached hydrogens (tertiary/aromatic N) is 2. The summed E-state index contributed by atoms with van der Waals surface area (Å²) in [7, 11) is 0. The highest BCUT2D eigenvalue weighted by Gasteiger charge is 2.24. The lowest BCUT2D eigenvalue weighted by Crippen LogP contribution is -2.47. The third kappa shape index (κ3) is 4.16. The number of aromatic nitrogens is 1. The molecular weight excluding hydrogens is 326 g/mol. The molecule has 1 aliphatic rings. The number of amides is 1. The SMILES string of the molecule is CCc1ocnc1C(=O)N[C@@H]1CCCN(Cc2ccc(Cl)cc2)C1. The molecule has 0 spiro atoms. The standard InChI is InChI=1S/C18H22ClN3O2/c1-2-16-17(20-12-24-16)18(23)21-15-4-3-9-22(11-15)10-13-5-7-14(19)8-6-13/h5-8,12,15H,2-4,9-11H2,1H3,(H,21,23)/t15-/m1/s1. The third-order valence-electron chi connectivity index (χ3n) is 4.34. The van der Waals surface area contributed by atoms with Crippen LogP contribution in [0.4, 0.5) is 0 Å². The smallest absolute Gasteiger partial charge is 0.273 e.